The molecule has 6 nitrogen and oxygen atoms in total. The molecule has 0 spiro atoms. The lowest BCUT2D eigenvalue weighted by Crippen LogP contribution is -2.28. The highest BCUT2D eigenvalue weighted by molar-refractivity contribution is 7.92. The number of phenols is 1. The van der Waals surface area contributed by atoms with Gasteiger partial charge in [0.1, 0.15) is 0 Å². The predicted molar refractivity (Wildman–Crippen MR) is 123 cm³/mol. The first-order valence-electron chi connectivity index (χ1n) is 10.4. The van der Waals surface area contributed by atoms with E-state index >= 15 is 0 Å². The van der Waals surface area contributed by atoms with Gasteiger partial charge in [0, 0.05) is 23.5 Å². The Balaban J connectivity index is 1.45. The van der Waals surface area contributed by atoms with E-state index in [1.54, 1.807) is 30.3 Å². The molecule has 10 heteroatoms. The molecule has 0 unspecified atom stereocenters. The molecule has 0 bridgehead atoms. The van der Waals surface area contributed by atoms with Crippen molar-refractivity contribution in [2.45, 2.75) is 35.9 Å². The molecule has 3 aromatic rings. The van der Waals surface area contributed by atoms with E-state index in [-0.39, 0.29) is 41.3 Å². The van der Waals surface area contributed by atoms with Crippen LogP contribution in [-0.4, -0.2) is 26.8 Å². The topological polar surface area (TPSA) is 87.7 Å². The smallest absolute Gasteiger partial charge is 0.398 e. The van der Waals surface area contributed by atoms with Crippen LogP contribution in [0.15, 0.2) is 71.6 Å². The van der Waals surface area contributed by atoms with Gasteiger partial charge in [0.05, 0.1) is 17.4 Å². The number of hydrogen-bond acceptors (Lipinski definition) is 5. The van der Waals surface area contributed by atoms with Gasteiger partial charge in [-0.25, -0.2) is 8.42 Å². The quantitative estimate of drug-likeness (QED) is 0.392. The van der Waals surface area contributed by atoms with Crippen molar-refractivity contribution in [3.8, 4) is 11.5 Å². The van der Waals surface area contributed by atoms with Gasteiger partial charge in [-0.1, -0.05) is 24.3 Å². The zero-order valence-corrected chi connectivity index (χ0v) is 19.0. The molecule has 1 saturated carbocycles. The molecule has 0 saturated heterocycles. The number of nitrogens with one attached hydrogen (secondary N) is 2. The van der Waals surface area contributed by atoms with Crippen LogP contribution in [0, 0.1) is 0 Å². The molecule has 4 rings (SSSR count). The molecule has 0 aromatic heterocycles. The van der Waals surface area contributed by atoms with Crippen LogP contribution in [0.5, 0.6) is 11.5 Å². The average Bonchev–Trinajstić information content (AvgIpc) is 3.61. The summed E-state index contributed by atoms with van der Waals surface area (Å²) in [5.41, 5.74) is -0.544. The summed E-state index contributed by atoms with van der Waals surface area (Å²) in [5, 5.41) is 13.3. The second kappa shape index (κ2) is 8.75. The molecule has 1 aliphatic rings. The maximum absolute atomic E-state index is 13.4. The van der Waals surface area contributed by atoms with Crippen molar-refractivity contribution in [2.24, 2.45) is 0 Å². The number of ether oxygens (including phenoxy) is 1. The van der Waals surface area contributed by atoms with E-state index in [4.69, 9.17) is 4.74 Å². The summed E-state index contributed by atoms with van der Waals surface area (Å²) in [4.78, 5) is -0.0374. The van der Waals surface area contributed by atoms with Crippen molar-refractivity contribution < 1.29 is 31.4 Å². The number of hydrogen-bond donors (Lipinski definition) is 3. The molecule has 1 aliphatic carbocycles. The maximum atomic E-state index is 13.4. The summed E-state index contributed by atoms with van der Waals surface area (Å²) < 4.78 is 73.3. The molecule has 1 fully saturated rings. The lowest BCUT2D eigenvalue weighted by molar-refractivity contribution is -0.160. The summed E-state index contributed by atoms with van der Waals surface area (Å²) in [6.07, 6.45) is -4.39. The monoisotopic (exact) mass is 492 g/mol. The first-order valence-corrected chi connectivity index (χ1v) is 11.9. The summed E-state index contributed by atoms with van der Waals surface area (Å²) >= 11 is 0. The van der Waals surface area contributed by atoms with E-state index in [0.717, 1.165) is 0 Å². The average molecular weight is 493 g/mol. The second-order valence-electron chi connectivity index (χ2n) is 8.11. The highest BCUT2D eigenvalue weighted by Gasteiger charge is 2.64. The SMILES string of the molecule is COc1cccc(CNc2ccc(S(=O)(=O)Nc3cccc(C4(C(F)(F)F)CC4)c3)cc2)c1O. The third-order valence-electron chi connectivity index (χ3n) is 5.91. The fourth-order valence-corrected chi connectivity index (χ4v) is 4.83. The van der Waals surface area contributed by atoms with Crippen LogP contribution < -0.4 is 14.8 Å². The highest BCUT2D eigenvalue weighted by atomic mass is 32.2. The van der Waals surface area contributed by atoms with Gasteiger partial charge in [0.2, 0.25) is 0 Å². The van der Waals surface area contributed by atoms with E-state index in [9.17, 15) is 26.7 Å². The van der Waals surface area contributed by atoms with Gasteiger partial charge >= 0.3 is 6.18 Å². The zero-order valence-electron chi connectivity index (χ0n) is 18.2. The summed E-state index contributed by atoms with van der Waals surface area (Å²) in [6, 6.07) is 16.5. The Kier molecular flexibility index (Phi) is 6.11. The minimum absolute atomic E-state index is 0.00526. The van der Waals surface area contributed by atoms with Crippen molar-refractivity contribution in [1.29, 1.82) is 0 Å². The molecule has 0 atom stereocenters. The van der Waals surface area contributed by atoms with Crippen LogP contribution in [0.4, 0.5) is 24.5 Å². The minimum Gasteiger partial charge on any atom is -0.504 e. The molecule has 0 heterocycles. The van der Waals surface area contributed by atoms with Crippen LogP contribution in [-0.2, 0) is 22.0 Å². The zero-order chi connectivity index (χ0) is 24.6. The van der Waals surface area contributed by atoms with E-state index in [2.05, 4.69) is 10.0 Å². The van der Waals surface area contributed by atoms with Gasteiger partial charge < -0.3 is 15.2 Å². The summed E-state index contributed by atoms with van der Waals surface area (Å²) in [6.45, 7) is 0.279. The van der Waals surface area contributed by atoms with Crippen LogP contribution in [0.1, 0.15) is 24.0 Å². The molecule has 180 valence electrons. The Bertz CT molecular complexity index is 1290. The molecule has 0 aliphatic heterocycles. The highest BCUT2D eigenvalue weighted by Crippen LogP contribution is 2.59. The molecule has 34 heavy (non-hydrogen) atoms. The molecule has 3 N–H and O–H groups in total. The third-order valence-corrected chi connectivity index (χ3v) is 7.31. The van der Waals surface area contributed by atoms with Crippen LogP contribution >= 0.6 is 0 Å². The fraction of sp³-hybridized carbons (Fsp3) is 0.250. The lowest BCUT2D eigenvalue weighted by Gasteiger charge is -2.20. The number of rotatable bonds is 8. The van der Waals surface area contributed by atoms with Crippen molar-refractivity contribution in [2.75, 3.05) is 17.1 Å². The van der Waals surface area contributed by atoms with E-state index in [1.165, 1.54) is 43.5 Å². The number of benzene rings is 3. The van der Waals surface area contributed by atoms with Crippen LogP contribution in [0.3, 0.4) is 0 Å². The van der Waals surface area contributed by atoms with Crippen molar-refractivity contribution >= 4 is 21.4 Å². The van der Waals surface area contributed by atoms with E-state index in [0.29, 0.717) is 17.0 Å². The minimum atomic E-state index is -4.38. The van der Waals surface area contributed by atoms with Crippen LogP contribution in [0.2, 0.25) is 0 Å². The number of methoxy groups -OCH3 is 1. The van der Waals surface area contributed by atoms with Gasteiger partial charge in [-0.2, -0.15) is 13.2 Å². The Morgan fingerprint density at radius 3 is 2.29 bits per heavy atom. The number of anilines is 2. The molecule has 0 amide bonds. The Morgan fingerprint density at radius 2 is 1.68 bits per heavy atom. The maximum Gasteiger partial charge on any atom is 0.398 e. The number of alkyl halides is 3. The van der Waals surface area contributed by atoms with Gasteiger partial charge in [0.15, 0.2) is 11.5 Å². The summed E-state index contributed by atoms with van der Waals surface area (Å²) in [5.74, 6) is 0.361. The Hall–Kier alpha value is -3.40. The van der Waals surface area contributed by atoms with E-state index in [1.807, 2.05) is 0 Å². The number of aromatic hydroxyl groups is 1. The van der Waals surface area contributed by atoms with Crippen molar-refractivity contribution in [3.63, 3.8) is 0 Å². The van der Waals surface area contributed by atoms with Gasteiger partial charge in [0.25, 0.3) is 10.0 Å². The first-order chi connectivity index (χ1) is 16.1. The second-order valence-corrected chi connectivity index (χ2v) is 9.79. The largest absolute Gasteiger partial charge is 0.504 e. The molecule has 3 aromatic carbocycles. The van der Waals surface area contributed by atoms with Gasteiger partial charge in [-0.3, -0.25) is 4.72 Å². The van der Waals surface area contributed by atoms with Crippen molar-refractivity contribution in [1.82, 2.24) is 0 Å². The number of halogens is 3. The Labute approximate surface area is 195 Å². The first kappa shape index (κ1) is 23.7. The van der Waals surface area contributed by atoms with Gasteiger partial charge in [-0.05, 0) is 60.9 Å². The summed E-state index contributed by atoms with van der Waals surface area (Å²) in [7, 11) is -2.55. The number of para-hydroxylation sites is 1. The molecule has 0 radical (unpaired) electrons. The van der Waals surface area contributed by atoms with E-state index < -0.39 is 21.6 Å². The number of sulfonamides is 1. The van der Waals surface area contributed by atoms with Crippen LogP contribution in [0.25, 0.3) is 0 Å². The van der Waals surface area contributed by atoms with Crippen molar-refractivity contribution in [3.05, 3.63) is 77.9 Å². The standard InChI is InChI=1S/C24H23F3N2O4S/c1-33-21-7-2-4-16(22(21)30)15-28-18-8-10-20(11-9-18)34(31,32)29-19-6-3-5-17(14-19)23(12-13-23)24(25,26)27/h2-11,14,28-30H,12-13,15H2,1H3. The fourth-order valence-electron chi connectivity index (χ4n) is 3.78. The normalized spacial score (nSPS) is 14.9. The molecular formula is C24H23F3N2O4S. The Morgan fingerprint density at radius 1 is 1.00 bits per heavy atom. The molecular weight excluding hydrogens is 469 g/mol. The lowest BCUT2D eigenvalue weighted by atomic mass is 9.95. The van der Waals surface area contributed by atoms with Gasteiger partial charge in [-0.15, -0.1) is 0 Å². The third kappa shape index (κ3) is 4.63. The predicted octanol–water partition coefficient (Wildman–Crippen LogP) is 5.41. The number of phenolic OH excluding ortho intramolecular Hbond substituents is 1.